The lowest BCUT2D eigenvalue weighted by Gasteiger charge is -2.20. The molecule has 0 radical (unpaired) electrons. The van der Waals surface area contributed by atoms with Crippen molar-refractivity contribution in [3.05, 3.63) is 64.4 Å². The number of pyridine rings is 1. The molecule has 0 bridgehead atoms. The van der Waals surface area contributed by atoms with Gasteiger partial charge in [-0.25, -0.2) is 9.59 Å². The van der Waals surface area contributed by atoms with Gasteiger partial charge in [0.05, 0.1) is 0 Å². The molecule has 2 unspecified atom stereocenters. The second-order valence-corrected chi connectivity index (χ2v) is 5.82. The van der Waals surface area contributed by atoms with Crippen LogP contribution in [0.15, 0.2) is 53.3 Å². The minimum Gasteiger partial charge on any atom is -0.480 e. The molecule has 2 atom stereocenters. The lowest BCUT2D eigenvalue weighted by molar-refractivity contribution is -0.142. The Morgan fingerprint density at radius 1 is 1.25 bits per heavy atom. The van der Waals surface area contributed by atoms with E-state index in [1.165, 1.54) is 18.5 Å². The number of aliphatic carboxylic acids is 1. The molecule has 8 heteroatoms. The van der Waals surface area contributed by atoms with Gasteiger partial charge in [-0.3, -0.25) is 4.98 Å². The number of nitrogens with zero attached hydrogens (tertiary/aromatic N) is 1. The normalized spacial score (nSPS) is 12.9. The number of amides is 1. The fourth-order valence-electron chi connectivity index (χ4n) is 1.95. The number of hydrogen-bond acceptors (Lipinski definition) is 5. The second-order valence-electron chi connectivity index (χ2n) is 4.90. The number of carboxylic acid groups (broad SMARTS) is 1. The van der Waals surface area contributed by atoms with Gasteiger partial charge in [0.1, 0.15) is 12.7 Å². The SMILES string of the molecule is O=C(NC(C(=O)O)C(O)c1cncc(Br)c1)OCc1ccccc1. The first kappa shape index (κ1) is 17.9. The van der Waals surface area contributed by atoms with Crippen molar-refractivity contribution >= 4 is 28.0 Å². The van der Waals surface area contributed by atoms with E-state index in [2.05, 4.69) is 26.2 Å². The van der Waals surface area contributed by atoms with Gasteiger partial charge in [-0.1, -0.05) is 30.3 Å². The monoisotopic (exact) mass is 394 g/mol. The number of carbonyl (C=O) groups excluding carboxylic acids is 1. The average molecular weight is 395 g/mol. The number of halogens is 1. The van der Waals surface area contributed by atoms with Gasteiger partial charge in [-0.15, -0.1) is 0 Å². The van der Waals surface area contributed by atoms with Crippen molar-refractivity contribution in [3.63, 3.8) is 0 Å². The van der Waals surface area contributed by atoms with E-state index < -0.39 is 24.2 Å². The van der Waals surface area contributed by atoms with E-state index >= 15 is 0 Å². The van der Waals surface area contributed by atoms with Crippen molar-refractivity contribution < 1.29 is 24.5 Å². The molecule has 2 aromatic rings. The number of aliphatic hydroxyl groups excluding tert-OH is 1. The van der Waals surface area contributed by atoms with Gasteiger partial charge < -0.3 is 20.3 Å². The number of carbonyl (C=O) groups is 2. The van der Waals surface area contributed by atoms with Crippen LogP contribution in [0.3, 0.4) is 0 Å². The smallest absolute Gasteiger partial charge is 0.408 e. The highest BCUT2D eigenvalue weighted by atomic mass is 79.9. The minimum atomic E-state index is -1.57. The fraction of sp³-hybridized carbons (Fsp3) is 0.188. The first-order valence-corrected chi connectivity index (χ1v) is 7.75. The first-order chi connectivity index (χ1) is 11.5. The molecule has 0 aliphatic heterocycles. The molecule has 0 spiro atoms. The molecule has 0 saturated heterocycles. The van der Waals surface area contributed by atoms with Gasteiger partial charge >= 0.3 is 12.1 Å². The van der Waals surface area contributed by atoms with Crippen LogP contribution < -0.4 is 5.32 Å². The number of aliphatic hydroxyl groups is 1. The summed E-state index contributed by atoms with van der Waals surface area (Å²) >= 11 is 3.19. The van der Waals surface area contributed by atoms with Crippen LogP contribution in [0.2, 0.25) is 0 Å². The number of aromatic nitrogens is 1. The number of nitrogens with one attached hydrogen (secondary N) is 1. The summed E-state index contributed by atoms with van der Waals surface area (Å²) in [6.45, 7) is -0.00640. The standard InChI is InChI=1S/C16H15BrN2O5/c17-12-6-11(7-18-8-12)14(20)13(15(21)22)19-16(23)24-9-10-4-2-1-3-5-10/h1-8,13-14,20H,9H2,(H,19,23)(H,21,22). The van der Waals surface area contributed by atoms with Gasteiger partial charge in [0, 0.05) is 22.4 Å². The van der Waals surface area contributed by atoms with Crippen molar-refractivity contribution in [2.24, 2.45) is 0 Å². The summed E-state index contributed by atoms with van der Waals surface area (Å²) < 4.78 is 5.55. The van der Waals surface area contributed by atoms with Crippen LogP contribution in [0.4, 0.5) is 4.79 Å². The number of rotatable bonds is 6. The minimum absolute atomic E-state index is 0.00640. The Hall–Kier alpha value is -2.45. The van der Waals surface area contributed by atoms with Crippen LogP contribution in [-0.2, 0) is 16.1 Å². The number of alkyl carbamates (subject to hydrolysis) is 1. The lowest BCUT2D eigenvalue weighted by Crippen LogP contribution is -2.45. The molecule has 1 aromatic carbocycles. The third-order valence-electron chi connectivity index (χ3n) is 3.14. The molecule has 0 aliphatic rings. The van der Waals surface area contributed by atoms with Gasteiger partial charge in [-0.05, 0) is 27.6 Å². The van der Waals surface area contributed by atoms with E-state index in [1.807, 2.05) is 6.07 Å². The number of hydrogen-bond donors (Lipinski definition) is 3. The third kappa shape index (κ3) is 5.04. The van der Waals surface area contributed by atoms with Gasteiger partial charge in [0.2, 0.25) is 0 Å². The van der Waals surface area contributed by atoms with Crippen LogP contribution in [0.1, 0.15) is 17.2 Å². The van der Waals surface area contributed by atoms with E-state index in [4.69, 9.17) is 4.74 Å². The molecule has 0 saturated carbocycles. The maximum Gasteiger partial charge on any atom is 0.408 e. The highest BCUT2D eigenvalue weighted by Crippen LogP contribution is 2.20. The number of ether oxygens (including phenoxy) is 1. The van der Waals surface area contributed by atoms with E-state index in [0.29, 0.717) is 4.47 Å². The topological polar surface area (TPSA) is 109 Å². The molecule has 1 amide bonds. The zero-order valence-electron chi connectivity index (χ0n) is 12.4. The quantitative estimate of drug-likeness (QED) is 0.693. The summed E-state index contributed by atoms with van der Waals surface area (Å²) in [6, 6.07) is 8.90. The molecule has 24 heavy (non-hydrogen) atoms. The zero-order valence-corrected chi connectivity index (χ0v) is 14.0. The highest BCUT2D eigenvalue weighted by Gasteiger charge is 2.30. The average Bonchev–Trinajstić information content (AvgIpc) is 2.58. The van der Waals surface area contributed by atoms with E-state index in [0.717, 1.165) is 5.56 Å². The summed E-state index contributed by atoms with van der Waals surface area (Å²) in [5.74, 6) is -1.39. The van der Waals surface area contributed by atoms with Crippen LogP contribution in [0.5, 0.6) is 0 Å². The Balaban J connectivity index is 2.00. The van der Waals surface area contributed by atoms with Crippen LogP contribution >= 0.6 is 15.9 Å². The summed E-state index contributed by atoms with van der Waals surface area (Å²) in [6.07, 6.45) is 0.403. The van der Waals surface area contributed by atoms with Crippen LogP contribution in [0.25, 0.3) is 0 Å². The fourth-order valence-corrected chi connectivity index (χ4v) is 2.33. The van der Waals surface area contributed by atoms with Crippen molar-refractivity contribution in [1.29, 1.82) is 0 Å². The van der Waals surface area contributed by atoms with Crippen molar-refractivity contribution in [2.75, 3.05) is 0 Å². The van der Waals surface area contributed by atoms with Crippen LogP contribution in [0, 0.1) is 0 Å². The molecule has 126 valence electrons. The summed E-state index contributed by atoms with van der Waals surface area (Å²) in [7, 11) is 0. The highest BCUT2D eigenvalue weighted by molar-refractivity contribution is 9.10. The van der Waals surface area contributed by atoms with E-state index in [-0.39, 0.29) is 12.2 Å². The summed E-state index contributed by atoms with van der Waals surface area (Å²) in [4.78, 5) is 27.0. The number of carboxylic acids is 1. The summed E-state index contributed by atoms with van der Waals surface area (Å²) in [5, 5.41) is 21.6. The molecule has 0 fully saturated rings. The van der Waals surface area contributed by atoms with Crippen LogP contribution in [-0.4, -0.2) is 33.3 Å². The van der Waals surface area contributed by atoms with Crippen molar-refractivity contribution in [1.82, 2.24) is 10.3 Å². The number of benzene rings is 1. The molecular formula is C16H15BrN2O5. The van der Waals surface area contributed by atoms with E-state index in [9.17, 15) is 19.8 Å². The maximum atomic E-state index is 11.8. The summed E-state index contributed by atoms with van der Waals surface area (Å²) in [5.41, 5.74) is 1.01. The first-order valence-electron chi connectivity index (χ1n) is 6.96. The van der Waals surface area contributed by atoms with Gasteiger partial charge in [-0.2, -0.15) is 0 Å². The Morgan fingerprint density at radius 2 is 1.96 bits per heavy atom. The maximum absolute atomic E-state index is 11.8. The van der Waals surface area contributed by atoms with Crippen molar-refractivity contribution in [3.8, 4) is 0 Å². The molecular weight excluding hydrogens is 380 g/mol. The Labute approximate surface area is 146 Å². The molecule has 1 heterocycles. The van der Waals surface area contributed by atoms with Gasteiger partial charge in [0.15, 0.2) is 6.04 Å². The van der Waals surface area contributed by atoms with Gasteiger partial charge in [0.25, 0.3) is 0 Å². The third-order valence-corrected chi connectivity index (χ3v) is 3.57. The predicted octanol–water partition coefficient (Wildman–Crippen LogP) is 2.26. The Kier molecular flexibility index (Phi) is 6.28. The lowest BCUT2D eigenvalue weighted by atomic mass is 10.0. The second kappa shape index (κ2) is 8.42. The molecule has 0 aliphatic carbocycles. The zero-order chi connectivity index (χ0) is 17.5. The molecule has 1 aromatic heterocycles. The Morgan fingerprint density at radius 3 is 2.58 bits per heavy atom. The van der Waals surface area contributed by atoms with E-state index in [1.54, 1.807) is 24.3 Å². The molecule has 7 nitrogen and oxygen atoms in total. The van der Waals surface area contributed by atoms with Crippen molar-refractivity contribution in [2.45, 2.75) is 18.8 Å². The Bertz CT molecular complexity index is 711. The molecule has 3 N–H and O–H groups in total. The largest absolute Gasteiger partial charge is 0.480 e. The molecule has 2 rings (SSSR count). The predicted molar refractivity (Wildman–Crippen MR) is 88.1 cm³/mol.